The maximum atomic E-state index is 10.8. The maximum absolute atomic E-state index is 10.8. The fourth-order valence-corrected chi connectivity index (χ4v) is 1.95. The Balaban J connectivity index is 1.91. The number of carboxylic acids is 1. The highest BCUT2D eigenvalue weighted by atomic mass is 16.5. The molecule has 0 aliphatic heterocycles. The van der Waals surface area contributed by atoms with Crippen molar-refractivity contribution in [2.75, 3.05) is 0 Å². The molecular formula is C14H13NO4. The molecule has 1 aliphatic carbocycles. The molecule has 1 aromatic heterocycles. The molecule has 1 N–H and O–H groups in total. The second kappa shape index (κ2) is 4.76. The number of rotatable bonds is 4. The number of ether oxygens (including phenoxy) is 1. The van der Waals surface area contributed by atoms with E-state index in [4.69, 9.17) is 14.4 Å². The van der Waals surface area contributed by atoms with Gasteiger partial charge < -0.3 is 14.4 Å². The molecule has 98 valence electrons. The largest absolute Gasteiger partial charge is 0.490 e. The van der Waals surface area contributed by atoms with E-state index in [0.29, 0.717) is 5.69 Å². The van der Waals surface area contributed by atoms with Crippen molar-refractivity contribution in [2.45, 2.75) is 25.4 Å². The Labute approximate surface area is 109 Å². The van der Waals surface area contributed by atoms with Crippen LogP contribution in [0.3, 0.4) is 0 Å². The number of hydrogen-bond donors (Lipinski definition) is 1. The zero-order chi connectivity index (χ0) is 13.2. The minimum absolute atomic E-state index is 0.173. The van der Waals surface area contributed by atoms with Gasteiger partial charge in [-0.25, -0.2) is 4.79 Å². The van der Waals surface area contributed by atoms with Crippen molar-refractivity contribution >= 4 is 5.97 Å². The van der Waals surface area contributed by atoms with Crippen LogP contribution in [0.4, 0.5) is 0 Å². The van der Waals surface area contributed by atoms with E-state index in [1.165, 1.54) is 12.5 Å². The molecule has 2 aromatic rings. The molecule has 1 aromatic carbocycles. The highest BCUT2D eigenvalue weighted by Gasteiger charge is 2.21. The Kier molecular flexibility index (Phi) is 2.95. The molecule has 5 nitrogen and oxygen atoms in total. The van der Waals surface area contributed by atoms with Gasteiger partial charge in [-0.3, -0.25) is 0 Å². The third-order valence-corrected chi connectivity index (χ3v) is 3.23. The molecule has 1 fully saturated rings. The summed E-state index contributed by atoms with van der Waals surface area (Å²) in [5, 5.41) is 12.6. The van der Waals surface area contributed by atoms with Crippen LogP contribution in [0.15, 0.2) is 34.9 Å². The molecule has 3 rings (SSSR count). The Morgan fingerprint density at radius 2 is 2.16 bits per heavy atom. The molecule has 1 saturated carbocycles. The zero-order valence-electron chi connectivity index (χ0n) is 10.2. The number of nitrogens with zero attached hydrogens (tertiary/aromatic N) is 1. The van der Waals surface area contributed by atoms with Crippen LogP contribution in [0, 0.1) is 0 Å². The fourth-order valence-electron chi connectivity index (χ4n) is 1.95. The standard InChI is InChI=1S/C14H13NO4/c16-14(17)13-8-11(15-19-13)10-6-1-2-7-12(10)18-9-4-3-5-9/h1-2,6-9H,3-5H2,(H,16,17). The van der Waals surface area contributed by atoms with Crippen molar-refractivity contribution in [3.63, 3.8) is 0 Å². The van der Waals surface area contributed by atoms with Crippen LogP contribution in [0.25, 0.3) is 11.3 Å². The Morgan fingerprint density at radius 1 is 1.37 bits per heavy atom. The summed E-state index contributed by atoms with van der Waals surface area (Å²) in [5.74, 6) is -0.581. The van der Waals surface area contributed by atoms with Gasteiger partial charge in [-0.05, 0) is 31.4 Å². The molecule has 1 aliphatic rings. The minimum atomic E-state index is -1.13. The number of aromatic nitrogens is 1. The first kappa shape index (κ1) is 11.8. The lowest BCUT2D eigenvalue weighted by Gasteiger charge is -2.27. The Hall–Kier alpha value is -2.30. The van der Waals surface area contributed by atoms with Gasteiger partial charge in [0.2, 0.25) is 5.76 Å². The fraction of sp³-hybridized carbons (Fsp3) is 0.286. The lowest BCUT2D eigenvalue weighted by Crippen LogP contribution is -2.24. The summed E-state index contributed by atoms with van der Waals surface area (Å²) in [4.78, 5) is 10.8. The van der Waals surface area contributed by atoms with Crippen molar-refractivity contribution in [1.29, 1.82) is 0 Å². The van der Waals surface area contributed by atoms with E-state index in [0.717, 1.165) is 24.2 Å². The summed E-state index contributed by atoms with van der Waals surface area (Å²) in [5.41, 5.74) is 1.23. The van der Waals surface area contributed by atoms with E-state index in [1.807, 2.05) is 24.3 Å². The van der Waals surface area contributed by atoms with Gasteiger partial charge in [0, 0.05) is 11.6 Å². The lowest BCUT2D eigenvalue weighted by molar-refractivity contribution is 0.0652. The average Bonchev–Trinajstić information content (AvgIpc) is 2.84. The highest BCUT2D eigenvalue weighted by Crippen LogP contribution is 2.33. The molecule has 0 unspecified atom stereocenters. The van der Waals surface area contributed by atoms with Crippen LogP contribution >= 0.6 is 0 Å². The second-order valence-corrected chi connectivity index (χ2v) is 4.55. The number of carbonyl (C=O) groups is 1. The molecule has 0 bridgehead atoms. The zero-order valence-corrected chi connectivity index (χ0v) is 10.2. The van der Waals surface area contributed by atoms with Gasteiger partial charge in [-0.15, -0.1) is 0 Å². The second-order valence-electron chi connectivity index (χ2n) is 4.55. The van der Waals surface area contributed by atoms with E-state index in [1.54, 1.807) is 0 Å². The smallest absolute Gasteiger partial charge is 0.374 e. The molecule has 0 amide bonds. The summed E-state index contributed by atoms with van der Waals surface area (Å²) in [6, 6.07) is 8.86. The van der Waals surface area contributed by atoms with Gasteiger partial charge in [0.05, 0.1) is 6.10 Å². The number of hydrogen-bond acceptors (Lipinski definition) is 4. The van der Waals surface area contributed by atoms with Crippen molar-refractivity contribution in [1.82, 2.24) is 5.16 Å². The monoisotopic (exact) mass is 259 g/mol. The topological polar surface area (TPSA) is 72.6 Å². The van der Waals surface area contributed by atoms with E-state index >= 15 is 0 Å². The maximum Gasteiger partial charge on any atom is 0.374 e. The summed E-state index contributed by atoms with van der Waals surface area (Å²) < 4.78 is 10.7. The van der Waals surface area contributed by atoms with Crippen LogP contribution in [0.2, 0.25) is 0 Å². The first-order chi connectivity index (χ1) is 9.24. The van der Waals surface area contributed by atoms with Crippen molar-refractivity contribution in [3.05, 3.63) is 36.1 Å². The van der Waals surface area contributed by atoms with Gasteiger partial charge in [-0.1, -0.05) is 17.3 Å². The molecule has 0 atom stereocenters. The first-order valence-corrected chi connectivity index (χ1v) is 6.20. The first-order valence-electron chi connectivity index (χ1n) is 6.20. The normalized spacial score (nSPS) is 14.9. The van der Waals surface area contributed by atoms with Crippen molar-refractivity contribution in [3.8, 4) is 17.0 Å². The molecule has 0 radical (unpaired) electrons. The van der Waals surface area contributed by atoms with Crippen LogP contribution < -0.4 is 4.74 Å². The molecule has 5 heteroatoms. The number of benzene rings is 1. The van der Waals surface area contributed by atoms with Crippen LogP contribution in [-0.4, -0.2) is 22.3 Å². The van der Waals surface area contributed by atoms with E-state index in [-0.39, 0.29) is 11.9 Å². The van der Waals surface area contributed by atoms with Crippen molar-refractivity contribution < 1.29 is 19.2 Å². The molecule has 0 spiro atoms. The van der Waals surface area contributed by atoms with Crippen LogP contribution in [0.1, 0.15) is 29.8 Å². The van der Waals surface area contributed by atoms with E-state index < -0.39 is 5.97 Å². The number of aromatic carboxylic acids is 1. The third-order valence-electron chi connectivity index (χ3n) is 3.23. The summed E-state index contributed by atoms with van der Waals surface area (Å²) in [7, 11) is 0. The van der Waals surface area contributed by atoms with Crippen molar-refractivity contribution in [2.24, 2.45) is 0 Å². The predicted octanol–water partition coefficient (Wildman–Crippen LogP) is 2.97. The molecule has 19 heavy (non-hydrogen) atoms. The number of carboxylic acid groups (broad SMARTS) is 1. The predicted molar refractivity (Wildman–Crippen MR) is 67.2 cm³/mol. The van der Waals surface area contributed by atoms with Gasteiger partial charge in [0.15, 0.2) is 0 Å². The Morgan fingerprint density at radius 3 is 2.79 bits per heavy atom. The number of para-hydroxylation sites is 1. The molecular weight excluding hydrogens is 246 g/mol. The summed E-state index contributed by atoms with van der Waals surface area (Å²) >= 11 is 0. The lowest BCUT2D eigenvalue weighted by atomic mass is 9.96. The van der Waals surface area contributed by atoms with Gasteiger partial charge in [0.1, 0.15) is 11.4 Å². The molecule has 0 saturated heterocycles. The van der Waals surface area contributed by atoms with Gasteiger partial charge in [0.25, 0.3) is 0 Å². The minimum Gasteiger partial charge on any atom is -0.490 e. The average molecular weight is 259 g/mol. The van der Waals surface area contributed by atoms with Crippen LogP contribution in [0.5, 0.6) is 5.75 Å². The summed E-state index contributed by atoms with van der Waals surface area (Å²) in [6.45, 7) is 0. The van der Waals surface area contributed by atoms with Crippen LogP contribution in [-0.2, 0) is 0 Å². The highest BCUT2D eigenvalue weighted by molar-refractivity contribution is 5.86. The summed E-state index contributed by atoms with van der Waals surface area (Å²) in [6.07, 6.45) is 3.58. The third kappa shape index (κ3) is 2.31. The van der Waals surface area contributed by atoms with Gasteiger partial charge in [-0.2, -0.15) is 0 Å². The quantitative estimate of drug-likeness (QED) is 0.913. The van der Waals surface area contributed by atoms with E-state index in [9.17, 15) is 4.79 Å². The SMILES string of the molecule is O=C(O)c1cc(-c2ccccc2OC2CCC2)no1. The van der Waals surface area contributed by atoms with E-state index in [2.05, 4.69) is 5.16 Å². The Bertz CT molecular complexity index is 601. The van der Waals surface area contributed by atoms with Gasteiger partial charge >= 0.3 is 5.97 Å². The molecule has 1 heterocycles.